The van der Waals surface area contributed by atoms with E-state index in [4.69, 9.17) is 4.74 Å². The maximum absolute atomic E-state index is 14.3. The van der Waals surface area contributed by atoms with E-state index in [1.165, 1.54) is 6.08 Å². The quantitative estimate of drug-likeness (QED) is 0.337. The van der Waals surface area contributed by atoms with Crippen LogP contribution in [0.1, 0.15) is 33.2 Å². The summed E-state index contributed by atoms with van der Waals surface area (Å²) in [6.45, 7) is 7.01. The molecule has 1 atom stereocenters. The van der Waals surface area contributed by atoms with E-state index < -0.39 is 38.7 Å². The molecule has 3 aromatic carbocycles. The monoisotopic (exact) mass is 496 g/mol. The van der Waals surface area contributed by atoms with Gasteiger partial charge in [0.05, 0.1) is 5.56 Å². The summed E-state index contributed by atoms with van der Waals surface area (Å²) in [7, 11) is -4.24. The summed E-state index contributed by atoms with van der Waals surface area (Å²) in [6.07, 6.45) is -0.0420. The molecule has 0 saturated heterocycles. The van der Waals surface area contributed by atoms with Gasteiger partial charge in [-0.3, -0.25) is 4.79 Å². The molecule has 3 rings (SSSR count). The second-order valence-electron chi connectivity index (χ2n) is 7.79. The normalized spacial score (nSPS) is 12.0. The lowest BCUT2D eigenvalue weighted by Crippen LogP contribution is -2.27. The van der Waals surface area contributed by atoms with Gasteiger partial charge in [0.25, 0.3) is 5.91 Å². The third-order valence-corrected chi connectivity index (χ3v) is 6.53. The average molecular weight is 497 g/mol. The van der Waals surface area contributed by atoms with Crippen molar-refractivity contribution in [1.82, 2.24) is 4.72 Å². The lowest BCUT2D eigenvalue weighted by atomic mass is 10.1. The van der Waals surface area contributed by atoms with Crippen LogP contribution in [-0.2, 0) is 19.6 Å². The molecule has 0 heterocycles. The molecule has 182 valence electrons. The van der Waals surface area contributed by atoms with Crippen molar-refractivity contribution in [2.45, 2.75) is 24.8 Å². The highest BCUT2D eigenvalue weighted by Crippen LogP contribution is 2.25. The van der Waals surface area contributed by atoms with E-state index in [1.54, 1.807) is 36.4 Å². The van der Waals surface area contributed by atoms with Crippen LogP contribution in [0.4, 0.5) is 10.1 Å². The van der Waals surface area contributed by atoms with Crippen molar-refractivity contribution in [3.05, 3.63) is 107 Å². The zero-order valence-electron chi connectivity index (χ0n) is 19.2. The van der Waals surface area contributed by atoms with Gasteiger partial charge in [-0.15, -0.1) is 6.58 Å². The lowest BCUT2D eigenvalue weighted by Gasteiger charge is -2.19. The predicted octanol–water partition coefficient (Wildman–Crippen LogP) is 4.44. The Kier molecular flexibility index (Phi) is 8.16. The van der Waals surface area contributed by atoms with Gasteiger partial charge in [0.15, 0.2) is 0 Å². The van der Waals surface area contributed by atoms with Gasteiger partial charge < -0.3 is 10.1 Å². The SMILES string of the molecule is C=CCNS(=O)(=O)c1cc(C(=O)OC(C(=O)Nc2cc(C)ccc2C)c2ccccc2)ccc1F. The van der Waals surface area contributed by atoms with Gasteiger partial charge in [-0.1, -0.05) is 48.5 Å². The van der Waals surface area contributed by atoms with Crippen molar-refractivity contribution >= 4 is 27.6 Å². The number of sulfonamides is 1. The lowest BCUT2D eigenvalue weighted by molar-refractivity contribution is -0.125. The number of hydrogen-bond acceptors (Lipinski definition) is 5. The third-order valence-electron chi connectivity index (χ3n) is 5.09. The number of rotatable bonds is 9. The van der Waals surface area contributed by atoms with Gasteiger partial charge in [0.2, 0.25) is 16.1 Å². The first kappa shape index (κ1) is 25.8. The van der Waals surface area contributed by atoms with Crippen LogP contribution in [0.15, 0.2) is 84.3 Å². The van der Waals surface area contributed by atoms with Crippen molar-refractivity contribution < 1.29 is 27.1 Å². The molecule has 9 heteroatoms. The molecule has 0 radical (unpaired) electrons. The van der Waals surface area contributed by atoms with Crippen molar-refractivity contribution in [1.29, 1.82) is 0 Å². The molecule has 0 aliphatic heterocycles. The minimum absolute atomic E-state index is 0.120. The van der Waals surface area contributed by atoms with Crippen LogP contribution in [0.25, 0.3) is 0 Å². The van der Waals surface area contributed by atoms with E-state index in [1.807, 2.05) is 26.0 Å². The van der Waals surface area contributed by atoms with Crippen LogP contribution in [0.2, 0.25) is 0 Å². The Balaban J connectivity index is 1.92. The van der Waals surface area contributed by atoms with Crippen molar-refractivity contribution in [2.24, 2.45) is 0 Å². The number of nitrogens with one attached hydrogen (secondary N) is 2. The number of carbonyl (C=O) groups is 2. The molecule has 0 spiro atoms. The van der Waals surface area contributed by atoms with Gasteiger partial charge in [-0.25, -0.2) is 22.3 Å². The standard InChI is InChI=1S/C26H25FN2O5S/c1-4-14-28-35(32,33)23-16-20(12-13-21(23)27)26(31)34-24(19-8-6-5-7-9-19)25(30)29-22-15-17(2)10-11-18(22)3/h4-13,15-16,24,28H,1,14H2,2-3H3,(H,29,30). The fourth-order valence-corrected chi connectivity index (χ4v) is 4.33. The van der Waals surface area contributed by atoms with E-state index in [-0.39, 0.29) is 12.1 Å². The number of aryl methyl sites for hydroxylation is 2. The third kappa shape index (κ3) is 6.40. The number of anilines is 1. The summed E-state index contributed by atoms with van der Waals surface area (Å²) in [4.78, 5) is 25.4. The van der Waals surface area contributed by atoms with Crippen molar-refractivity contribution in [3.8, 4) is 0 Å². The Morgan fingerprint density at radius 2 is 1.77 bits per heavy atom. The van der Waals surface area contributed by atoms with E-state index in [2.05, 4.69) is 16.6 Å². The number of ether oxygens (including phenoxy) is 1. The van der Waals surface area contributed by atoms with Gasteiger partial charge in [-0.05, 0) is 49.2 Å². The second-order valence-corrected chi connectivity index (χ2v) is 9.52. The van der Waals surface area contributed by atoms with Crippen LogP contribution < -0.4 is 10.0 Å². The van der Waals surface area contributed by atoms with E-state index in [0.717, 1.165) is 29.3 Å². The van der Waals surface area contributed by atoms with Gasteiger partial charge in [-0.2, -0.15) is 0 Å². The summed E-state index contributed by atoms with van der Waals surface area (Å²) < 4.78 is 46.7. The first-order valence-corrected chi connectivity index (χ1v) is 12.1. The summed E-state index contributed by atoms with van der Waals surface area (Å²) in [6, 6.07) is 16.8. The van der Waals surface area contributed by atoms with Crippen molar-refractivity contribution in [2.75, 3.05) is 11.9 Å². The Morgan fingerprint density at radius 3 is 2.46 bits per heavy atom. The number of halogens is 1. The Labute approximate surface area is 203 Å². The van der Waals surface area contributed by atoms with Gasteiger partial charge in [0, 0.05) is 17.8 Å². The number of hydrogen-bond donors (Lipinski definition) is 2. The molecule has 0 fully saturated rings. The molecule has 0 bridgehead atoms. The highest BCUT2D eigenvalue weighted by Gasteiger charge is 2.28. The second kappa shape index (κ2) is 11.1. The number of benzene rings is 3. The van der Waals surface area contributed by atoms with Crippen LogP contribution >= 0.6 is 0 Å². The minimum atomic E-state index is -4.24. The fourth-order valence-electron chi connectivity index (χ4n) is 3.23. The van der Waals surface area contributed by atoms with Crippen LogP contribution in [0.5, 0.6) is 0 Å². The number of amides is 1. The maximum Gasteiger partial charge on any atom is 0.339 e. The molecule has 0 saturated carbocycles. The highest BCUT2D eigenvalue weighted by molar-refractivity contribution is 7.89. The number of esters is 1. The predicted molar refractivity (Wildman–Crippen MR) is 131 cm³/mol. The minimum Gasteiger partial charge on any atom is -0.444 e. The zero-order chi connectivity index (χ0) is 25.6. The van der Waals surface area contributed by atoms with E-state index >= 15 is 0 Å². The fraction of sp³-hybridized carbons (Fsp3) is 0.154. The molecule has 0 aliphatic rings. The van der Waals surface area contributed by atoms with E-state index in [9.17, 15) is 22.4 Å². The molecule has 3 aromatic rings. The Hall–Kier alpha value is -3.82. The van der Waals surface area contributed by atoms with Crippen LogP contribution in [-0.4, -0.2) is 26.8 Å². The first-order valence-electron chi connectivity index (χ1n) is 10.7. The molecule has 2 N–H and O–H groups in total. The van der Waals surface area contributed by atoms with Crippen LogP contribution in [0, 0.1) is 19.7 Å². The summed E-state index contributed by atoms with van der Waals surface area (Å²) >= 11 is 0. The molecule has 1 unspecified atom stereocenters. The topological polar surface area (TPSA) is 102 Å². The first-order chi connectivity index (χ1) is 16.6. The Bertz CT molecular complexity index is 1360. The molecule has 1 amide bonds. The molecule has 0 aliphatic carbocycles. The zero-order valence-corrected chi connectivity index (χ0v) is 20.1. The Morgan fingerprint density at radius 1 is 1.06 bits per heavy atom. The summed E-state index contributed by atoms with van der Waals surface area (Å²) in [5.41, 5.74) is 2.50. The van der Waals surface area contributed by atoms with E-state index in [0.29, 0.717) is 11.3 Å². The molecular weight excluding hydrogens is 471 g/mol. The van der Waals surface area contributed by atoms with Gasteiger partial charge in [0.1, 0.15) is 10.7 Å². The molecule has 0 aromatic heterocycles. The molecular formula is C26H25FN2O5S. The molecule has 35 heavy (non-hydrogen) atoms. The highest BCUT2D eigenvalue weighted by atomic mass is 32.2. The maximum atomic E-state index is 14.3. The summed E-state index contributed by atoms with van der Waals surface area (Å²) in [5.74, 6) is -2.62. The average Bonchev–Trinajstić information content (AvgIpc) is 2.84. The van der Waals surface area contributed by atoms with Gasteiger partial charge >= 0.3 is 5.97 Å². The number of carbonyl (C=O) groups excluding carboxylic acids is 2. The largest absolute Gasteiger partial charge is 0.444 e. The van der Waals surface area contributed by atoms with Crippen LogP contribution in [0.3, 0.4) is 0 Å². The van der Waals surface area contributed by atoms with Crippen molar-refractivity contribution in [3.63, 3.8) is 0 Å². The summed E-state index contributed by atoms with van der Waals surface area (Å²) in [5, 5.41) is 2.78. The molecule has 7 nitrogen and oxygen atoms in total. The smallest absolute Gasteiger partial charge is 0.339 e.